The van der Waals surface area contributed by atoms with E-state index in [0.29, 0.717) is 5.56 Å². The molecule has 0 aromatic heterocycles. The van der Waals surface area contributed by atoms with Crippen LogP contribution in [0.15, 0.2) is 42.5 Å². The maximum atomic E-state index is 13.4. The zero-order valence-corrected chi connectivity index (χ0v) is 13.0. The first-order chi connectivity index (χ1) is 11.1. The fourth-order valence-corrected chi connectivity index (χ4v) is 4.47. The Bertz CT molecular complexity index is 790. The fourth-order valence-electron chi connectivity index (χ4n) is 3.19. The second kappa shape index (κ2) is 5.32. The van der Waals surface area contributed by atoms with E-state index in [-0.39, 0.29) is 12.5 Å². The summed E-state index contributed by atoms with van der Waals surface area (Å²) < 4.78 is 26.5. The molecule has 1 amide bonds. The number of thioether (sulfide) groups is 1. The molecule has 2 aliphatic heterocycles. The fraction of sp³-hybridized carbons (Fsp3) is 0.235. The van der Waals surface area contributed by atoms with Gasteiger partial charge in [0, 0.05) is 17.9 Å². The lowest BCUT2D eigenvalue weighted by Crippen LogP contribution is -2.44. The van der Waals surface area contributed by atoms with Crippen LogP contribution in [0.2, 0.25) is 0 Å². The third kappa shape index (κ3) is 2.16. The van der Waals surface area contributed by atoms with Crippen LogP contribution in [-0.4, -0.2) is 18.2 Å². The second-order valence-corrected chi connectivity index (χ2v) is 6.92. The number of anilines is 1. The Morgan fingerprint density at radius 2 is 2.00 bits per heavy atom. The first kappa shape index (κ1) is 14.7. The van der Waals surface area contributed by atoms with Gasteiger partial charge in [-0.15, -0.1) is 11.8 Å². The summed E-state index contributed by atoms with van der Waals surface area (Å²) in [5.41, 5.74) is 2.33. The zero-order valence-electron chi connectivity index (χ0n) is 12.2. The van der Waals surface area contributed by atoms with Crippen LogP contribution in [-0.2, 0) is 16.2 Å². The average Bonchev–Trinajstić information content (AvgIpc) is 3.13. The third-order valence-electron chi connectivity index (χ3n) is 4.24. The van der Waals surface area contributed by atoms with Crippen molar-refractivity contribution in [2.24, 2.45) is 0 Å². The molecular weight excluding hydrogens is 318 g/mol. The molecule has 0 bridgehead atoms. The Labute approximate surface area is 136 Å². The molecule has 6 heteroatoms. The molecule has 23 heavy (non-hydrogen) atoms. The number of hydrogen-bond donors (Lipinski definition) is 1. The highest BCUT2D eigenvalue weighted by atomic mass is 32.2. The number of halogens is 2. The van der Waals surface area contributed by atoms with Crippen LogP contribution in [0.25, 0.3) is 0 Å². The predicted molar refractivity (Wildman–Crippen MR) is 86.1 cm³/mol. The SMILES string of the molecule is O=C1N(Cc2ccc(F)c(F)c2)c2ccccc2C12NCCS2. The number of para-hydroxylation sites is 1. The Balaban J connectivity index is 1.74. The predicted octanol–water partition coefficient (Wildman–Crippen LogP) is 3.00. The minimum atomic E-state index is -0.898. The summed E-state index contributed by atoms with van der Waals surface area (Å²) in [5, 5.41) is 3.31. The van der Waals surface area contributed by atoms with E-state index in [9.17, 15) is 13.6 Å². The Hall–Kier alpha value is -1.92. The van der Waals surface area contributed by atoms with Gasteiger partial charge in [-0.25, -0.2) is 8.78 Å². The van der Waals surface area contributed by atoms with Gasteiger partial charge in [0.1, 0.15) is 0 Å². The van der Waals surface area contributed by atoms with E-state index in [2.05, 4.69) is 5.32 Å². The number of hydrogen-bond acceptors (Lipinski definition) is 3. The topological polar surface area (TPSA) is 32.3 Å². The summed E-state index contributed by atoms with van der Waals surface area (Å²) in [5.74, 6) is -0.971. The molecule has 2 aromatic carbocycles. The highest BCUT2D eigenvalue weighted by Gasteiger charge is 2.53. The van der Waals surface area contributed by atoms with Gasteiger partial charge in [0.15, 0.2) is 16.5 Å². The van der Waals surface area contributed by atoms with Crippen molar-refractivity contribution in [2.75, 3.05) is 17.2 Å². The monoisotopic (exact) mass is 332 g/mol. The van der Waals surface area contributed by atoms with E-state index < -0.39 is 16.5 Å². The smallest absolute Gasteiger partial charge is 0.262 e. The number of amides is 1. The van der Waals surface area contributed by atoms with E-state index in [1.54, 1.807) is 16.7 Å². The molecule has 1 saturated heterocycles. The molecule has 2 aliphatic rings. The summed E-state index contributed by atoms with van der Waals surface area (Å²) >= 11 is 1.59. The standard InChI is InChI=1S/C17H14F2N2OS/c18-13-6-5-11(9-14(13)19)10-21-15-4-2-1-3-12(15)17(16(21)22)20-7-8-23-17/h1-6,9,20H,7-8,10H2. The molecule has 0 saturated carbocycles. The number of carbonyl (C=O) groups excluding carboxylic acids is 1. The lowest BCUT2D eigenvalue weighted by atomic mass is 10.1. The number of fused-ring (bicyclic) bond motifs is 2. The van der Waals surface area contributed by atoms with Gasteiger partial charge in [0.2, 0.25) is 0 Å². The summed E-state index contributed by atoms with van der Waals surface area (Å²) in [7, 11) is 0. The van der Waals surface area contributed by atoms with E-state index in [0.717, 1.165) is 35.7 Å². The number of rotatable bonds is 2. The molecule has 2 heterocycles. The largest absolute Gasteiger partial charge is 0.305 e. The van der Waals surface area contributed by atoms with Crippen molar-refractivity contribution in [3.63, 3.8) is 0 Å². The Morgan fingerprint density at radius 3 is 2.74 bits per heavy atom. The molecule has 2 aromatic rings. The van der Waals surface area contributed by atoms with Crippen molar-refractivity contribution in [1.29, 1.82) is 0 Å². The van der Waals surface area contributed by atoms with Crippen LogP contribution in [0.5, 0.6) is 0 Å². The minimum Gasteiger partial charge on any atom is -0.305 e. The van der Waals surface area contributed by atoms with Crippen LogP contribution in [0, 0.1) is 11.6 Å². The molecular formula is C17H14F2N2OS. The maximum absolute atomic E-state index is 13.4. The van der Waals surface area contributed by atoms with Gasteiger partial charge in [-0.3, -0.25) is 10.1 Å². The van der Waals surface area contributed by atoms with Gasteiger partial charge in [0.25, 0.3) is 5.91 Å². The van der Waals surface area contributed by atoms with Crippen molar-refractivity contribution in [3.8, 4) is 0 Å². The number of benzene rings is 2. The number of nitrogens with one attached hydrogen (secondary N) is 1. The van der Waals surface area contributed by atoms with Crippen LogP contribution >= 0.6 is 11.8 Å². The van der Waals surface area contributed by atoms with E-state index in [4.69, 9.17) is 0 Å². The van der Waals surface area contributed by atoms with Gasteiger partial charge < -0.3 is 4.90 Å². The van der Waals surface area contributed by atoms with Crippen LogP contribution < -0.4 is 10.2 Å². The van der Waals surface area contributed by atoms with Gasteiger partial charge in [-0.05, 0) is 23.8 Å². The second-order valence-electron chi connectivity index (χ2n) is 5.61. The molecule has 1 N–H and O–H groups in total. The first-order valence-corrected chi connectivity index (χ1v) is 8.35. The van der Waals surface area contributed by atoms with Crippen molar-refractivity contribution in [1.82, 2.24) is 5.32 Å². The Kier molecular flexibility index (Phi) is 3.39. The highest BCUT2D eigenvalue weighted by Crippen LogP contribution is 2.49. The van der Waals surface area contributed by atoms with Gasteiger partial charge in [-0.2, -0.15) is 0 Å². The summed E-state index contributed by atoms with van der Waals surface area (Å²) in [6.07, 6.45) is 0. The summed E-state index contributed by atoms with van der Waals surface area (Å²) in [4.78, 5) is 13.9. The molecule has 1 fully saturated rings. The van der Waals surface area contributed by atoms with Gasteiger partial charge in [0.05, 0.1) is 12.2 Å². The lowest BCUT2D eigenvalue weighted by molar-refractivity contribution is -0.121. The van der Waals surface area contributed by atoms with Crippen molar-refractivity contribution in [3.05, 3.63) is 65.2 Å². The molecule has 0 aliphatic carbocycles. The average molecular weight is 332 g/mol. The van der Waals surface area contributed by atoms with E-state index >= 15 is 0 Å². The quantitative estimate of drug-likeness (QED) is 0.918. The molecule has 3 nitrogen and oxygen atoms in total. The first-order valence-electron chi connectivity index (χ1n) is 7.36. The molecule has 0 radical (unpaired) electrons. The van der Waals surface area contributed by atoms with Gasteiger partial charge >= 0.3 is 0 Å². The van der Waals surface area contributed by atoms with Crippen molar-refractivity contribution >= 4 is 23.4 Å². The summed E-state index contributed by atoms with van der Waals surface area (Å²) in [6.45, 7) is 0.987. The third-order valence-corrected chi connectivity index (χ3v) is 5.62. The molecule has 4 rings (SSSR count). The summed E-state index contributed by atoms with van der Waals surface area (Å²) in [6, 6.07) is 11.4. The minimum absolute atomic E-state index is 0.0501. The van der Waals surface area contributed by atoms with Crippen LogP contribution in [0.4, 0.5) is 14.5 Å². The van der Waals surface area contributed by atoms with Crippen LogP contribution in [0.3, 0.4) is 0 Å². The molecule has 1 spiro atoms. The van der Waals surface area contributed by atoms with Crippen molar-refractivity contribution < 1.29 is 13.6 Å². The van der Waals surface area contributed by atoms with E-state index in [1.165, 1.54) is 6.07 Å². The van der Waals surface area contributed by atoms with Crippen LogP contribution in [0.1, 0.15) is 11.1 Å². The molecule has 1 unspecified atom stereocenters. The van der Waals surface area contributed by atoms with Gasteiger partial charge in [-0.1, -0.05) is 24.3 Å². The van der Waals surface area contributed by atoms with E-state index in [1.807, 2.05) is 24.3 Å². The molecule has 1 atom stereocenters. The highest BCUT2D eigenvalue weighted by molar-refractivity contribution is 8.01. The number of nitrogens with zero attached hydrogens (tertiary/aromatic N) is 1. The normalized spacial score (nSPS) is 22.9. The zero-order chi connectivity index (χ0) is 16.0. The maximum Gasteiger partial charge on any atom is 0.262 e. The Morgan fingerprint density at radius 1 is 1.17 bits per heavy atom. The van der Waals surface area contributed by atoms with Crippen molar-refractivity contribution in [2.45, 2.75) is 11.4 Å². The molecule has 118 valence electrons. The number of carbonyl (C=O) groups is 1. The lowest BCUT2D eigenvalue weighted by Gasteiger charge is -2.23.